The molecule has 0 aromatic heterocycles. The summed E-state index contributed by atoms with van der Waals surface area (Å²) in [6.45, 7) is 12.2. The summed E-state index contributed by atoms with van der Waals surface area (Å²) in [6.07, 6.45) is 10.4. The van der Waals surface area contributed by atoms with E-state index < -0.39 is 6.10 Å². The van der Waals surface area contributed by atoms with E-state index in [9.17, 15) is 9.90 Å². The largest absolute Gasteiger partial charge is 0.462 e. The van der Waals surface area contributed by atoms with Gasteiger partial charge >= 0.3 is 5.97 Å². The van der Waals surface area contributed by atoms with Gasteiger partial charge in [-0.1, -0.05) is 39.0 Å². The van der Waals surface area contributed by atoms with Gasteiger partial charge in [-0.2, -0.15) is 4.89 Å². The van der Waals surface area contributed by atoms with Crippen molar-refractivity contribution in [2.45, 2.75) is 104 Å². The van der Waals surface area contributed by atoms with Crippen LogP contribution in [0.5, 0.6) is 0 Å². The van der Waals surface area contributed by atoms with Gasteiger partial charge in [-0.05, 0) is 74.5 Å². The minimum Gasteiger partial charge on any atom is -0.462 e. The van der Waals surface area contributed by atoms with E-state index in [1.165, 1.54) is 12.5 Å². The van der Waals surface area contributed by atoms with Gasteiger partial charge in [0.15, 0.2) is 0 Å². The standard InChI is InChI=1S/C26H40O5/c1-6-7-16(2)30-31-19-10-12-25(4)18(14-19)15-22(28)24-20-8-9-23(29-17(3)27)26(20,5)13-11-21(24)25/h15,19-24,28H,2,6-14H2,1,3-5H3/t19-,20?,21?,22-,23-,24?,25-,26-/m0/s1. The van der Waals surface area contributed by atoms with Crippen LogP contribution in [0.15, 0.2) is 24.0 Å². The van der Waals surface area contributed by atoms with E-state index in [1.54, 1.807) is 0 Å². The Morgan fingerprint density at radius 2 is 1.97 bits per heavy atom. The molecule has 4 rings (SSSR count). The number of carbonyl (C=O) groups is 1. The van der Waals surface area contributed by atoms with Gasteiger partial charge in [-0.3, -0.25) is 4.79 Å². The maximum absolute atomic E-state index is 11.7. The van der Waals surface area contributed by atoms with Crippen LogP contribution in [0, 0.1) is 28.6 Å². The summed E-state index contributed by atoms with van der Waals surface area (Å²) >= 11 is 0. The van der Waals surface area contributed by atoms with Crippen LogP contribution in [0.4, 0.5) is 0 Å². The second kappa shape index (κ2) is 8.55. The monoisotopic (exact) mass is 432 g/mol. The maximum atomic E-state index is 11.7. The van der Waals surface area contributed by atoms with Crippen LogP contribution in [0.2, 0.25) is 0 Å². The maximum Gasteiger partial charge on any atom is 0.302 e. The topological polar surface area (TPSA) is 65.0 Å². The Balaban J connectivity index is 1.50. The van der Waals surface area contributed by atoms with Gasteiger partial charge in [0.05, 0.1) is 6.10 Å². The Morgan fingerprint density at radius 3 is 2.68 bits per heavy atom. The molecule has 31 heavy (non-hydrogen) atoms. The number of aliphatic hydroxyl groups excluding tert-OH is 1. The number of carbonyl (C=O) groups excluding carboxylic acids is 1. The second-order valence-electron chi connectivity index (χ2n) is 10.9. The van der Waals surface area contributed by atoms with Gasteiger partial charge in [0.25, 0.3) is 0 Å². The Kier molecular flexibility index (Phi) is 6.30. The highest BCUT2D eigenvalue weighted by Gasteiger charge is 2.61. The third-order valence-corrected chi connectivity index (χ3v) is 9.14. The van der Waals surface area contributed by atoms with Crippen LogP contribution >= 0.6 is 0 Å². The Labute approximate surface area is 187 Å². The number of allylic oxidation sites excluding steroid dienone is 1. The molecule has 0 heterocycles. The quantitative estimate of drug-likeness (QED) is 0.198. The van der Waals surface area contributed by atoms with Crippen LogP contribution in [-0.2, 0) is 19.3 Å². The minimum atomic E-state index is -0.441. The highest BCUT2D eigenvalue weighted by Crippen LogP contribution is 2.65. The Morgan fingerprint density at radius 1 is 1.19 bits per heavy atom. The zero-order valence-electron chi connectivity index (χ0n) is 19.7. The summed E-state index contributed by atoms with van der Waals surface area (Å²) in [6, 6.07) is 0. The van der Waals surface area contributed by atoms with Gasteiger partial charge in [-0.25, -0.2) is 0 Å². The molecule has 4 aliphatic carbocycles. The Hall–Kier alpha value is -1.33. The molecule has 3 fully saturated rings. The lowest BCUT2D eigenvalue weighted by atomic mass is 9.47. The molecule has 0 aromatic rings. The molecule has 3 saturated carbocycles. The highest BCUT2D eigenvalue weighted by molar-refractivity contribution is 5.66. The lowest BCUT2D eigenvalue weighted by Gasteiger charge is -2.58. The van der Waals surface area contributed by atoms with Gasteiger partial charge in [0, 0.05) is 18.8 Å². The molecule has 4 aliphatic rings. The molecule has 0 aromatic carbocycles. The molecule has 0 spiro atoms. The normalized spacial score (nSPS) is 43.8. The fraction of sp³-hybridized carbons (Fsp3) is 0.808. The predicted octanol–water partition coefficient (Wildman–Crippen LogP) is 5.48. The minimum absolute atomic E-state index is 0.0150. The van der Waals surface area contributed by atoms with Gasteiger partial charge in [0.1, 0.15) is 18.0 Å². The third-order valence-electron chi connectivity index (χ3n) is 9.14. The van der Waals surface area contributed by atoms with Gasteiger partial charge < -0.3 is 14.7 Å². The number of esters is 1. The van der Waals surface area contributed by atoms with E-state index in [0.717, 1.165) is 57.8 Å². The first-order valence-electron chi connectivity index (χ1n) is 12.3. The number of ether oxygens (including phenoxy) is 1. The SMILES string of the molecule is C=C(CCC)OO[C@H]1CC[C@@]2(C)C(=C[C@H](O)C3C2CC[C@@]2(C)C3CC[C@@H]2OC(C)=O)C1. The zero-order chi connectivity index (χ0) is 22.4. The highest BCUT2D eigenvalue weighted by atomic mass is 17.2. The average molecular weight is 433 g/mol. The summed E-state index contributed by atoms with van der Waals surface area (Å²) in [5, 5.41) is 11.3. The predicted molar refractivity (Wildman–Crippen MR) is 119 cm³/mol. The van der Waals surface area contributed by atoms with E-state index in [-0.39, 0.29) is 34.9 Å². The first kappa shape index (κ1) is 22.8. The fourth-order valence-electron chi connectivity index (χ4n) is 7.50. The van der Waals surface area contributed by atoms with Crippen molar-refractivity contribution in [3.63, 3.8) is 0 Å². The number of hydrogen-bond donors (Lipinski definition) is 1. The van der Waals surface area contributed by atoms with Crippen LogP contribution in [0.1, 0.15) is 85.5 Å². The van der Waals surface area contributed by atoms with Crippen LogP contribution in [0.25, 0.3) is 0 Å². The van der Waals surface area contributed by atoms with Gasteiger partial charge in [0.2, 0.25) is 0 Å². The van der Waals surface area contributed by atoms with Gasteiger partial charge in [-0.15, -0.1) is 0 Å². The van der Waals surface area contributed by atoms with Crippen LogP contribution in [-0.4, -0.2) is 29.4 Å². The molecule has 1 N–H and O–H groups in total. The van der Waals surface area contributed by atoms with Crippen molar-refractivity contribution in [1.29, 1.82) is 0 Å². The van der Waals surface area contributed by atoms with Crippen LogP contribution < -0.4 is 0 Å². The van der Waals surface area contributed by atoms with Crippen molar-refractivity contribution >= 4 is 5.97 Å². The summed E-state index contributed by atoms with van der Waals surface area (Å²) in [7, 11) is 0. The first-order valence-corrected chi connectivity index (χ1v) is 12.3. The number of hydrogen-bond acceptors (Lipinski definition) is 5. The molecule has 3 unspecified atom stereocenters. The van der Waals surface area contributed by atoms with Crippen molar-refractivity contribution in [1.82, 2.24) is 0 Å². The number of fused-ring (bicyclic) bond motifs is 5. The third kappa shape index (κ3) is 3.97. The lowest BCUT2D eigenvalue weighted by molar-refractivity contribution is -0.301. The van der Waals surface area contributed by atoms with E-state index in [0.29, 0.717) is 17.6 Å². The number of aliphatic hydroxyl groups is 1. The van der Waals surface area contributed by atoms with Crippen molar-refractivity contribution in [3.05, 3.63) is 24.0 Å². The van der Waals surface area contributed by atoms with Crippen LogP contribution in [0.3, 0.4) is 0 Å². The molecular formula is C26H40O5. The molecular weight excluding hydrogens is 392 g/mol. The smallest absolute Gasteiger partial charge is 0.302 e. The summed E-state index contributed by atoms with van der Waals surface area (Å²) < 4.78 is 5.73. The van der Waals surface area contributed by atoms with Crippen molar-refractivity contribution in [2.24, 2.45) is 28.6 Å². The van der Waals surface area contributed by atoms with Crippen molar-refractivity contribution in [2.75, 3.05) is 0 Å². The summed E-state index contributed by atoms with van der Waals surface area (Å²) in [4.78, 5) is 22.8. The van der Waals surface area contributed by atoms with Crippen molar-refractivity contribution < 1.29 is 24.4 Å². The Bertz CT molecular complexity index is 744. The molecule has 0 amide bonds. The summed E-state index contributed by atoms with van der Waals surface area (Å²) in [5.74, 6) is 1.60. The summed E-state index contributed by atoms with van der Waals surface area (Å²) in [5.41, 5.74) is 1.41. The first-order chi connectivity index (χ1) is 14.7. The molecule has 0 bridgehead atoms. The van der Waals surface area contributed by atoms with E-state index in [1.807, 2.05) is 0 Å². The zero-order valence-corrected chi connectivity index (χ0v) is 19.7. The second-order valence-corrected chi connectivity index (χ2v) is 10.9. The van der Waals surface area contributed by atoms with E-state index in [4.69, 9.17) is 14.5 Å². The average Bonchev–Trinajstić information content (AvgIpc) is 3.03. The van der Waals surface area contributed by atoms with Crippen molar-refractivity contribution in [3.8, 4) is 0 Å². The fourth-order valence-corrected chi connectivity index (χ4v) is 7.50. The molecule has 0 radical (unpaired) electrons. The van der Waals surface area contributed by atoms with E-state index >= 15 is 0 Å². The molecule has 5 heteroatoms. The number of rotatable bonds is 6. The molecule has 8 atom stereocenters. The molecule has 0 saturated heterocycles. The molecule has 5 nitrogen and oxygen atoms in total. The molecule has 0 aliphatic heterocycles. The molecule has 174 valence electrons. The van der Waals surface area contributed by atoms with E-state index in [2.05, 4.69) is 33.4 Å². The lowest BCUT2D eigenvalue weighted by Crippen LogP contribution is -2.55.